The standard InChI is InChI=1S/C10H16O4/c1-2-13-9(11)7-6-8-4-3-5-10(12)14-8/h8H,2-7H2,1H3. The molecular formula is C10H16O4. The maximum atomic E-state index is 11.0. The van der Waals surface area contributed by atoms with E-state index in [1.54, 1.807) is 6.92 Å². The second-order valence-electron chi connectivity index (χ2n) is 3.35. The highest BCUT2D eigenvalue weighted by atomic mass is 16.5. The zero-order valence-electron chi connectivity index (χ0n) is 8.45. The Morgan fingerprint density at radius 1 is 1.64 bits per heavy atom. The van der Waals surface area contributed by atoms with E-state index < -0.39 is 0 Å². The van der Waals surface area contributed by atoms with Crippen molar-refractivity contribution in [3.8, 4) is 0 Å². The van der Waals surface area contributed by atoms with Crippen molar-refractivity contribution in [1.82, 2.24) is 0 Å². The quantitative estimate of drug-likeness (QED) is 0.644. The Hall–Kier alpha value is -1.06. The lowest BCUT2D eigenvalue weighted by Gasteiger charge is -2.21. The minimum Gasteiger partial charge on any atom is -0.466 e. The summed E-state index contributed by atoms with van der Waals surface area (Å²) >= 11 is 0. The molecule has 0 N–H and O–H groups in total. The first kappa shape index (κ1) is 11.0. The fraction of sp³-hybridized carbons (Fsp3) is 0.800. The van der Waals surface area contributed by atoms with Gasteiger partial charge in [0.05, 0.1) is 6.61 Å². The van der Waals surface area contributed by atoms with Crippen molar-refractivity contribution in [3.05, 3.63) is 0 Å². The highest BCUT2D eigenvalue weighted by molar-refractivity contribution is 5.71. The van der Waals surface area contributed by atoms with Gasteiger partial charge in [0.25, 0.3) is 0 Å². The van der Waals surface area contributed by atoms with Crippen molar-refractivity contribution in [3.63, 3.8) is 0 Å². The molecule has 1 aliphatic rings. The molecule has 0 radical (unpaired) electrons. The van der Waals surface area contributed by atoms with Crippen LogP contribution < -0.4 is 0 Å². The first-order valence-electron chi connectivity index (χ1n) is 5.07. The van der Waals surface area contributed by atoms with Crippen LogP contribution in [0.1, 0.15) is 39.0 Å². The first-order chi connectivity index (χ1) is 6.72. The van der Waals surface area contributed by atoms with E-state index in [1.165, 1.54) is 0 Å². The van der Waals surface area contributed by atoms with E-state index >= 15 is 0 Å². The number of hydrogen-bond acceptors (Lipinski definition) is 4. The lowest BCUT2D eigenvalue weighted by Crippen LogP contribution is -2.24. The second kappa shape index (κ2) is 5.62. The zero-order chi connectivity index (χ0) is 10.4. The van der Waals surface area contributed by atoms with Crippen LogP contribution in [0, 0.1) is 0 Å². The molecule has 1 fully saturated rings. The fourth-order valence-corrected chi connectivity index (χ4v) is 1.49. The highest BCUT2D eigenvalue weighted by Crippen LogP contribution is 2.18. The molecule has 1 rings (SSSR count). The smallest absolute Gasteiger partial charge is 0.306 e. The maximum absolute atomic E-state index is 11.0. The summed E-state index contributed by atoms with van der Waals surface area (Å²) in [5, 5.41) is 0. The molecule has 0 bridgehead atoms. The number of rotatable bonds is 4. The maximum Gasteiger partial charge on any atom is 0.306 e. The number of esters is 2. The summed E-state index contributed by atoms with van der Waals surface area (Å²) in [6.07, 6.45) is 3.09. The summed E-state index contributed by atoms with van der Waals surface area (Å²) in [6.45, 7) is 2.18. The predicted molar refractivity (Wildman–Crippen MR) is 49.6 cm³/mol. The molecular weight excluding hydrogens is 184 g/mol. The SMILES string of the molecule is CCOC(=O)CCC1CCCC(=O)O1. The summed E-state index contributed by atoms with van der Waals surface area (Å²) < 4.78 is 9.85. The largest absolute Gasteiger partial charge is 0.466 e. The van der Waals surface area contributed by atoms with Gasteiger partial charge in [-0.15, -0.1) is 0 Å². The second-order valence-corrected chi connectivity index (χ2v) is 3.35. The van der Waals surface area contributed by atoms with Gasteiger partial charge >= 0.3 is 11.9 Å². The molecule has 0 spiro atoms. The number of carbonyl (C=O) groups excluding carboxylic acids is 2. The van der Waals surface area contributed by atoms with Crippen molar-refractivity contribution >= 4 is 11.9 Å². The molecule has 0 amide bonds. The summed E-state index contributed by atoms with van der Waals surface area (Å²) in [5.41, 5.74) is 0. The van der Waals surface area contributed by atoms with Gasteiger partial charge in [0.1, 0.15) is 6.10 Å². The number of carbonyl (C=O) groups is 2. The van der Waals surface area contributed by atoms with Gasteiger partial charge in [0, 0.05) is 12.8 Å². The molecule has 1 saturated heterocycles. The van der Waals surface area contributed by atoms with Crippen LogP contribution in [0.2, 0.25) is 0 Å². The molecule has 0 aromatic heterocycles. The third-order valence-corrected chi connectivity index (χ3v) is 2.18. The molecule has 0 aliphatic carbocycles. The average Bonchev–Trinajstić information content (AvgIpc) is 2.15. The van der Waals surface area contributed by atoms with E-state index in [9.17, 15) is 9.59 Å². The predicted octanol–water partition coefficient (Wildman–Crippen LogP) is 1.43. The average molecular weight is 200 g/mol. The number of cyclic esters (lactones) is 1. The summed E-state index contributed by atoms with van der Waals surface area (Å²) in [4.78, 5) is 21.9. The van der Waals surface area contributed by atoms with Crippen molar-refractivity contribution in [2.75, 3.05) is 6.61 Å². The van der Waals surface area contributed by atoms with Gasteiger partial charge in [0.15, 0.2) is 0 Å². The Morgan fingerprint density at radius 3 is 3.07 bits per heavy atom. The molecule has 1 heterocycles. The Morgan fingerprint density at radius 2 is 2.43 bits per heavy atom. The number of ether oxygens (including phenoxy) is 2. The molecule has 1 aliphatic heterocycles. The van der Waals surface area contributed by atoms with Crippen LogP contribution >= 0.6 is 0 Å². The molecule has 14 heavy (non-hydrogen) atoms. The van der Waals surface area contributed by atoms with Crippen LogP contribution in [0.3, 0.4) is 0 Å². The van der Waals surface area contributed by atoms with E-state index in [1.807, 2.05) is 0 Å². The molecule has 1 unspecified atom stereocenters. The fourth-order valence-electron chi connectivity index (χ4n) is 1.49. The van der Waals surface area contributed by atoms with E-state index in [0.29, 0.717) is 25.9 Å². The van der Waals surface area contributed by atoms with Gasteiger partial charge in [-0.2, -0.15) is 0 Å². The minimum absolute atomic E-state index is 0.0827. The van der Waals surface area contributed by atoms with E-state index in [4.69, 9.17) is 9.47 Å². The van der Waals surface area contributed by atoms with Crippen molar-refractivity contribution < 1.29 is 19.1 Å². The third kappa shape index (κ3) is 3.77. The highest BCUT2D eigenvalue weighted by Gasteiger charge is 2.20. The summed E-state index contributed by atoms with van der Waals surface area (Å²) in [7, 11) is 0. The van der Waals surface area contributed by atoms with Crippen molar-refractivity contribution in [2.24, 2.45) is 0 Å². The number of hydrogen-bond donors (Lipinski definition) is 0. The Bertz CT molecular complexity index is 212. The summed E-state index contributed by atoms with van der Waals surface area (Å²) in [6, 6.07) is 0. The van der Waals surface area contributed by atoms with Gasteiger partial charge in [-0.1, -0.05) is 0 Å². The van der Waals surface area contributed by atoms with E-state index in [0.717, 1.165) is 12.8 Å². The molecule has 80 valence electrons. The van der Waals surface area contributed by atoms with Gasteiger partial charge < -0.3 is 9.47 Å². The van der Waals surface area contributed by atoms with Crippen LogP contribution in [0.5, 0.6) is 0 Å². The lowest BCUT2D eigenvalue weighted by atomic mass is 10.0. The Balaban J connectivity index is 2.17. The van der Waals surface area contributed by atoms with Gasteiger partial charge in [-0.25, -0.2) is 0 Å². The van der Waals surface area contributed by atoms with Crippen LogP contribution in [0.4, 0.5) is 0 Å². The zero-order valence-corrected chi connectivity index (χ0v) is 8.45. The minimum atomic E-state index is -0.214. The van der Waals surface area contributed by atoms with Gasteiger partial charge in [-0.3, -0.25) is 9.59 Å². The van der Waals surface area contributed by atoms with Crippen LogP contribution in [0.25, 0.3) is 0 Å². The van der Waals surface area contributed by atoms with Gasteiger partial charge in [-0.05, 0) is 26.2 Å². The molecule has 0 aromatic carbocycles. The van der Waals surface area contributed by atoms with Crippen LogP contribution in [-0.4, -0.2) is 24.6 Å². The van der Waals surface area contributed by atoms with E-state index in [-0.39, 0.29) is 18.0 Å². The summed E-state index contributed by atoms with van der Waals surface area (Å²) in [5.74, 6) is -0.362. The van der Waals surface area contributed by atoms with Crippen LogP contribution in [0.15, 0.2) is 0 Å². The molecule has 0 saturated carbocycles. The topological polar surface area (TPSA) is 52.6 Å². The van der Waals surface area contributed by atoms with E-state index in [2.05, 4.69) is 0 Å². The van der Waals surface area contributed by atoms with Gasteiger partial charge in [0.2, 0.25) is 0 Å². The normalized spacial score (nSPS) is 21.5. The molecule has 4 heteroatoms. The first-order valence-corrected chi connectivity index (χ1v) is 5.07. The molecule has 0 aromatic rings. The lowest BCUT2D eigenvalue weighted by molar-refractivity contribution is -0.156. The third-order valence-electron chi connectivity index (χ3n) is 2.18. The van der Waals surface area contributed by atoms with Crippen LogP contribution in [-0.2, 0) is 19.1 Å². The Kier molecular flexibility index (Phi) is 4.43. The van der Waals surface area contributed by atoms with Crippen molar-refractivity contribution in [1.29, 1.82) is 0 Å². The Labute approximate surface area is 83.6 Å². The molecule has 4 nitrogen and oxygen atoms in total. The monoisotopic (exact) mass is 200 g/mol. The van der Waals surface area contributed by atoms with Crippen molar-refractivity contribution in [2.45, 2.75) is 45.1 Å². The molecule has 1 atom stereocenters.